The number of nitrogens with one attached hydrogen (secondary N) is 3. The van der Waals surface area contributed by atoms with E-state index >= 15 is 0 Å². The molecule has 5 heterocycles. The first-order chi connectivity index (χ1) is 16.2. The van der Waals surface area contributed by atoms with Crippen LogP contribution in [-0.2, 0) is 0 Å². The third-order valence-corrected chi connectivity index (χ3v) is 5.50. The van der Waals surface area contributed by atoms with Crippen molar-refractivity contribution in [3.05, 3.63) is 65.0 Å². The Labute approximate surface area is 187 Å². The van der Waals surface area contributed by atoms with Crippen LogP contribution in [0.4, 0.5) is 17.2 Å². The van der Waals surface area contributed by atoms with Crippen LogP contribution in [0.1, 0.15) is 23.3 Å². The normalized spacial score (nSPS) is 14.8. The molecule has 0 atom stereocenters. The third kappa shape index (κ3) is 3.43. The van der Waals surface area contributed by atoms with E-state index in [1.54, 1.807) is 36.7 Å². The van der Waals surface area contributed by atoms with E-state index in [1.165, 1.54) is 15.3 Å². The summed E-state index contributed by atoms with van der Waals surface area (Å²) in [6, 6.07) is 8.95. The van der Waals surface area contributed by atoms with E-state index in [4.69, 9.17) is 4.74 Å². The molecule has 0 radical (unpaired) electrons. The largest absolute Gasteiger partial charge is 0.486 e. The number of imidazole rings is 1. The molecular formula is C22H20N8O3. The molecular weight excluding hydrogens is 424 g/mol. The standard InChI is InChI=1S/C22H20N8O3/c31-21(26-13-6-7-13)15-12-25-20-17-18(33-11-9-24-17)19(28-30(15)20)27-14-4-3-10-29(22(14)32)16-5-1-2-8-23-16/h1-5,8,10,12-13,24H,6-7,9,11H2,(H,26,31)(H,27,28). The first-order valence-electron chi connectivity index (χ1n) is 10.7. The van der Waals surface area contributed by atoms with Crippen LogP contribution in [0.5, 0.6) is 5.75 Å². The highest BCUT2D eigenvalue weighted by molar-refractivity contribution is 5.95. The average Bonchev–Trinajstić information content (AvgIpc) is 3.56. The highest BCUT2D eigenvalue weighted by Gasteiger charge is 2.28. The number of hydrogen-bond acceptors (Lipinski definition) is 8. The maximum Gasteiger partial charge on any atom is 0.279 e. The molecule has 4 aromatic heterocycles. The first-order valence-corrected chi connectivity index (χ1v) is 10.7. The van der Waals surface area contributed by atoms with E-state index in [1.807, 2.05) is 6.07 Å². The lowest BCUT2D eigenvalue weighted by Gasteiger charge is -2.22. The minimum atomic E-state index is -0.298. The second kappa shape index (κ2) is 7.62. The Morgan fingerprint density at radius 2 is 2.09 bits per heavy atom. The molecule has 1 aliphatic carbocycles. The summed E-state index contributed by atoms with van der Waals surface area (Å²) in [5, 5.41) is 13.9. The zero-order chi connectivity index (χ0) is 22.4. The number of pyridine rings is 2. The van der Waals surface area contributed by atoms with E-state index in [9.17, 15) is 9.59 Å². The van der Waals surface area contributed by atoms with E-state index in [-0.39, 0.29) is 23.2 Å². The molecule has 0 aromatic carbocycles. The lowest BCUT2D eigenvalue weighted by molar-refractivity contribution is 0.0944. The smallest absolute Gasteiger partial charge is 0.279 e. The van der Waals surface area contributed by atoms with Gasteiger partial charge in [-0.25, -0.2) is 14.5 Å². The zero-order valence-corrected chi connectivity index (χ0v) is 17.5. The van der Waals surface area contributed by atoms with Crippen molar-refractivity contribution in [1.29, 1.82) is 0 Å². The second-order valence-electron chi connectivity index (χ2n) is 7.86. The lowest BCUT2D eigenvalue weighted by atomic mass is 10.3. The van der Waals surface area contributed by atoms with Gasteiger partial charge in [-0.1, -0.05) is 6.07 Å². The van der Waals surface area contributed by atoms with Gasteiger partial charge in [0.05, 0.1) is 6.20 Å². The van der Waals surface area contributed by atoms with Gasteiger partial charge in [0.25, 0.3) is 11.5 Å². The predicted octanol–water partition coefficient (Wildman–Crippen LogP) is 1.72. The summed E-state index contributed by atoms with van der Waals surface area (Å²) >= 11 is 0. The Balaban J connectivity index is 1.45. The molecule has 3 N–H and O–H groups in total. The number of ether oxygens (including phenoxy) is 1. The van der Waals surface area contributed by atoms with Gasteiger partial charge in [-0.2, -0.15) is 0 Å². The number of fused-ring (bicyclic) bond motifs is 3. The van der Waals surface area contributed by atoms with Gasteiger partial charge < -0.3 is 20.7 Å². The molecule has 0 unspecified atom stereocenters. The number of carbonyl (C=O) groups is 1. The molecule has 1 amide bonds. The van der Waals surface area contributed by atoms with Crippen LogP contribution < -0.4 is 26.2 Å². The van der Waals surface area contributed by atoms with Gasteiger partial charge in [0, 0.05) is 25.0 Å². The van der Waals surface area contributed by atoms with Gasteiger partial charge in [0.1, 0.15) is 23.8 Å². The third-order valence-electron chi connectivity index (χ3n) is 5.50. The van der Waals surface area contributed by atoms with Crippen molar-refractivity contribution in [3.8, 4) is 11.6 Å². The Morgan fingerprint density at radius 1 is 1.18 bits per heavy atom. The van der Waals surface area contributed by atoms with E-state index in [0.29, 0.717) is 47.6 Å². The van der Waals surface area contributed by atoms with Crippen molar-refractivity contribution in [2.75, 3.05) is 23.8 Å². The van der Waals surface area contributed by atoms with Gasteiger partial charge in [-0.05, 0) is 37.1 Å². The molecule has 0 saturated heterocycles. The SMILES string of the molecule is O=C(NC1CC1)c1cnc2c3c(c(Nc4cccn(-c5ccccn5)c4=O)nn12)OCCN3. The fourth-order valence-electron chi connectivity index (χ4n) is 3.73. The maximum atomic E-state index is 13.2. The zero-order valence-electron chi connectivity index (χ0n) is 17.5. The molecule has 0 bridgehead atoms. The molecule has 33 heavy (non-hydrogen) atoms. The molecule has 1 aliphatic heterocycles. The highest BCUT2D eigenvalue weighted by Crippen LogP contribution is 2.38. The molecule has 1 fully saturated rings. The lowest BCUT2D eigenvalue weighted by Crippen LogP contribution is -2.28. The molecule has 11 heteroatoms. The van der Waals surface area contributed by atoms with Gasteiger partial charge in [0.2, 0.25) is 0 Å². The Bertz CT molecular complexity index is 1430. The quantitative estimate of drug-likeness (QED) is 0.425. The topological polar surface area (TPSA) is 127 Å². The van der Waals surface area contributed by atoms with Crippen LogP contribution in [0.25, 0.3) is 11.5 Å². The molecule has 2 aliphatic rings. The van der Waals surface area contributed by atoms with E-state index < -0.39 is 0 Å². The predicted molar refractivity (Wildman–Crippen MR) is 121 cm³/mol. The van der Waals surface area contributed by atoms with Gasteiger partial charge >= 0.3 is 0 Å². The van der Waals surface area contributed by atoms with Crippen molar-refractivity contribution in [1.82, 2.24) is 29.5 Å². The van der Waals surface area contributed by atoms with Crippen molar-refractivity contribution in [3.63, 3.8) is 0 Å². The van der Waals surface area contributed by atoms with Crippen molar-refractivity contribution in [2.24, 2.45) is 0 Å². The van der Waals surface area contributed by atoms with Crippen LogP contribution in [-0.4, -0.2) is 49.2 Å². The highest BCUT2D eigenvalue weighted by atomic mass is 16.5. The fraction of sp³-hybridized carbons (Fsp3) is 0.227. The molecule has 4 aromatic rings. The van der Waals surface area contributed by atoms with Crippen LogP contribution in [0, 0.1) is 0 Å². The summed E-state index contributed by atoms with van der Waals surface area (Å²) in [4.78, 5) is 34.5. The number of nitrogens with zero attached hydrogens (tertiary/aromatic N) is 5. The molecule has 6 rings (SSSR count). The number of hydrogen-bond donors (Lipinski definition) is 3. The average molecular weight is 444 g/mol. The molecule has 11 nitrogen and oxygen atoms in total. The van der Waals surface area contributed by atoms with Crippen LogP contribution in [0.2, 0.25) is 0 Å². The summed E-state index contributed by atoms with van der Waals surface area (Å²) in [5.74, 6) is 1.01. The van der Waals surface area contributed by atoms with Crippen LogP contribution >= 0.6 is 0 Å². The summed E-state index contributed by atoms with van der Waals surface area (Å²) < 4.78 is 8.79. The van der Waals surface area contributed by atoms with Crippen molar-refractivity contribution in [2.45, 2.75) is 18.9 Å². The summed E-state index contributed by atoms with van der Waals surface area (Å²) in [7, 11) is 0. The van der Waals surface area contributed by atoms with E-state index in [2.05, 4.69) is 31.0 Å². The number of rotatable bonds is 5. The number of aromatic nitrogens is 5. The Hall–Kier alpha value is -4.41. The maximum absolute atomic E-state index is 13.2. The summed E-state index contributed by atoms with van der Waals surface area (Å²) in [6.07, 6.45) is 6.72. The number of carbonyl (C=O) groups excluding carboxylic acids is 1. The Kier molecular flexibility index (Phi) is 4.45. The van der Waals surface area contributed by atoms with Gasteiger partial charge in [0.15, 0.2) is 22.9 Å². The van der Waals surface area contributed by atoms with Crippen molar-refractivity contribution < 1.29 is 9.53 Å². The van der Waals surface area contributed by atoms with Crippen molar-refractivity contribution >= 4 is 28.7 Å². The van der Waals surface area contributed by atoms with Crippen LogP contribution in [0.15, 0.2) is 53.7 Å². The molecule has 0 spiro atoms. The summed E-state index contributed by atoms with van der Waals surface area (Å²) in [5.41, 5.74) is 1.40. The van der Waals surface area contributed by atoms with Gasteiger partial charge in [-0.15, -0.1) is 5.10 Å². The first kappa shape index (κ1) is 19.3. The molecule has 1 saturated carbocycles. The van der Waals surface area contributed by atoms with E-state index in [0.717, 1.165) is 12.8 Å². The minimum Gasteiger partial charge on any atom is -0.486 e. The monoisotopic (exact) mass is 444 g/mol. The molecule has 166 valence electrons. The number of amides is 1. The van der Waals surface area contributed by atoms with Crippen LogP contribution in [0.3, 0.4) is 0 Å². The minimum absolute atomic E-state index is 0.203. The number of anilines is 3. The summed E-state index contributed by atoms with van der Waals surface area (Å²) in [6.45, 7) is 1.02. The second-order valence-corrected chi connectivity index (χ2v) is 7.86. The Morgan fingerprint density at radius 3 is 2.91 bits per heavy atom. The van der Waals surface area contributed by atoms with Gasteiger partial charge in [-0.3, -0.25) is 14.2 Å². The fourth-order valence-corrected chi connectivity index (χ4v) is 3.73.